The zero-order valence-corrected chi connectivity index (χ0v) is 17.7. The molecule has 0 atom stereocenters. The number of aromatic nitrogens is 1. The first kappa shape index (κ1) is 20.2. The number of hydrogen-bond acceptors (Lipinski definition) is 3. The van der Waals surface area contributed by atoms with Crippen LogP contribution in [0.1, 0.15) is 5.56 Å². The van der Waals surface area contributed by atoms with Crippen molar-refractivity contribution in [3.05, 3.63) is 89.6 Å². The highest BCUT2D eigenvalue weighted by Gasteiger charge is 2.23. The first-order valence-corrected chi connectivity index (χ1v) is 11.2. The second-order valence-corrected chi connectivity index (χ2v) is 9.29. The first-order chi connectivity index (χ1) is 14.4. The van der Waals surface area contributed by atoms with Crippen molar-refractivity contribution in [2.75, 3.05) is 5.32 Å². The summed E-state index contributed by atoms with van der Waals surface area (Å²) in [5.41, 5.74) is 2.18. The maximum Gasteiger partial charge on any atom is 0.244 e. The Morgan fingerprint density at radius 1 is 1.00 bits per heavy atom. The predicted octanol–water partition coefficient (Wildman–Crippen LogP) is 5.07. The van der Waals surface area contributed by atoms with Crippen molar-refractivity contribution in [1.29, 1.82) is 0 Å². The molecule has 0 aliphatic carbocycles. The third-order valence-corrected chi connectivity index (χ3v) is 7.07. The summed E-state index contributed by atoms with van der Waals surface area (Å²) in [6.45, 7) is 1.85. The number of benzene rings is 3. The van der Waals surface area contributed by atoms with Gasteiger partial charge in [0.1, 0.15) is 6.54 Å². The van der Waals surface area contributed by atoms with Crippen molar-refractivity contribution in [3.63, 3.8) is 0 Å². The van der Waals surface area contributed by atoms with E-state index >= 15 is 0 Å². The number of hydrogen-bond donors (Lipinski definition) is 1. The summed E-state index contributed by atoms with van der Waals surface area (Å²) in [5, 5.41) is 3.95. The molecule has 152 valence electrons. The maximum absolute atomic E-state index is 13.2. The number of amides is 1. The standard InChI is InChI=1S/C23H19ClN2O3S/c1-16-11-12-17(13-20(16)24)25-23(27)15-26-14-22(19-9-5-6-10-21(19)26)30(28,29)18-7-3-2-4-8-18/h2-14H,15H2,1H3,(H,25,27). The minimum atomic E-state index is -3.72. The van der Waals surface area contributed by atoms with E-state index in [1.807, 2.05) is 19.1 Å². The van der Waals surface area contributed by atoms with Crippen LogP contribution in [0.25, 0.3) is 10.9 Å². The van der Waals surface area contributed by atoms with Crippen LogP contribution in [-0.4, -0.2) is 18.9 Å². The topological polar surface area (TPSA) is 68.2 Å². The van der Waals surface area contributed by atoms with Crippen LogP contribution in [0.15, 0.2) is 88.8 Å². The molecule has 4 aromatic rings. The van der Waals surface area contributed by atoms with E-state index in [0.717, 1.165) is 5.56 Å². The fourth-order valence-electron chi connectivity index (χ4n) is 3.31. The van der Waals surface area contributed by atoms with Gasteiger partial charge in [-0.2, -0.15) is 0 Å². The average Bonchev–Trinajstić information content (AvgIpc) is 3.11. The number of aryl methyl sites for hydroxylation is 1. The Morgan fingerprint density at radius 2 is 1.70 bits per heavy atom. The molecule has 0 aliphatic heterocycles. The monoisotopic (exact) mass is 438 g/mol. The van der Waals surface area contributed by atoms with Gasteiger partial charge in [-0.05, 0) is 42.8 Å². The van der Waals surface area contributed by atoms with Crippen LogP contribution in [0.2, 0.25) is 5.02 Å². The second kappa shape index (κ2) is 7.97. The SMILES string of the molecule is Cc1ccc(NC(=O)Cn2cc(S(=O)(=O)c3ccccc3)c3ccccc32)cc1Cl. The van der Waals surface area contributed by atoms with Crippen molar-refractivity contribution in [3.8, 4) is 0 Å². The van der Waals surface area contributed by atoms with Crippen molar-refractivity contribution in [2.24, 2.45) is 0 Å². The third kappa shape index (κ3) is 3.84. The van der Waals surface area contributed by atoms with Gasteiger partial charge in [0.05, 0.1) is 9.79 Å². The summed E-state index contributed by atoms with van der Waals surface area (Å²) in [4.78, 5) is 13.0. The van der Waals surface area contributed by atoms with Crippen LogP contribution >= 0.6 is 11.6 Å². The van der Waals surface area contributed by atoms with E-state index < -0.39 is 9.84 Å². The molecule has 5 nitrogen and oxygen atoms in total. The number of nitrogens with zero attached hydrogens (tertiary/aromatic N) is 1. The molecule has 1 amide bonds. The van der Waals surface area contributed by atoms with Gasteiger partial charge >= 0.3 is 0 Å². The van der Waals surface area contributed by atoms with Crippen molar-refractivity contribution < 1.29 is 13.2 Å². The largest absolute Gasteiger partial charge is 0.337 e. The summed E-state index contributed by atoms with van der Waals surface area (Å²) in [5.74, 6) is -0.278. The molecule has 1 N–H and O–H groups in total. The number of nitrogens with one attached hydrogen (secondary N) is 1. The molecule has 0 spiro atoms. The lowest BCUT2D eigenvalue weighted by molar-refractivity contribution is -0.116. The zero-order valence-electron chi connectivity index (χ0n) is 16.2. The number of carbonyl (C=O) groups is 1. The molecular weight excluding hydrogens is 420 g/mol. The van der Waals surface area contributed by atoms with E-state index in [1.54, 1.807) is 65.2 Å². The van der Waals surface area contributed by atoms with Crippen molar-refractivity contribution in [2.45, 2.75) is 23.3 Å². The number of sulfone groups is 1. The van der Waals surface area contributed by atoms with E-state index in [1.165, 1.54) is 6.20 Å². The average molecular weight is 439 g/mol. The number of carbonyl (C=O) groups excluding carboxylic acids is 1. The second-order valence-electron chi connectivity index (χ2n) is 6.97. The molecule has 0 aliphatic rings. The molecular formula is C23H19ClN2O3S. The summed E-state index contributed by atoms with van der Waals surface area (Å²) >= 11 is 6.12. The molecule has 7 heteroatoms. The summed E-state index contributed by atoms with van der Waals surface area (Å²) in [6, 6.07) is 20.7. The Labute approximate surface area is 179 Å². The number of halogens is 1. The lowest BCUT2D eigenvalue weighted by Crippen LogP contribution is -2.18. The highest BCUT2D eigenvalue weighted by Crippen LogP contribution is 2.30. The van der Waals surface area contributed by atoms with Crippen LogP contribution in [0.4, 0.5) is 5.69 Å². The van der Waals surface area contributed by atoms with Gasteiger partial charge in [-0.15, -0.1) is 0 Å². The summed E-state index contributed by atoms with van der Waals surface area (Å²) < 4.78 is 28.0. The molecule has 30 heavy (non-hydrogen) atoms. The third-order valence-electron chi connectivity index (χ3n) is 4.86. The van der Waals surface area contributed by atoms with Crippen LogP contribution in [0.5, 0.6) is 0 Å². The van der Waals surface area contributed by atoms with Crippen LogP contribution in [-0.2, 0) is 21.2 Å². The fraction of sp³-hybridized carbons (Fsp3) is 0.0870. The van der Waals surface area contributed by atoms with E-state index in [0.29, 0.717) is 21.6 Å². The van der Waals surface area contributed by atoms with Crippen LogP contribution < -0.4 is 5.32 Å². The van der Waals surface area contributed by atoms with Gasteiger partial charge in [0, 0.05) is 27.8 Å². The van der Waals surface area contributed by atoms with Gasteiger partial charge in [-0.1, -0.05) is 54.1 Å². The Bertz CT molecular complexity index is 1350. The van der Waals surface area contributed by atoms with Gasteiger partial charge in [-0.3, -0.25) is 4.79 Å². The Balaban J connectivity index is 1.69. The fourth-order valence-corrected chi connectivity index (χ4v) is 4.99. The molecule has 4 rings (SSSR count). The molecule has 0 unspecified atom stereocenters. The number of para-hydroxylation sites is 1. The molecule has 1 heterocycles. The molecule has 0 radical (unpaired) electrons. The summed E-state index contributed by atoms with van der Waals surface area (Å²) in [7, 11) is -3.72. The Hall–Kier alpha value is -3.09. The van der Waals surface area contributed by atoms with Crippen molar-refractivity contribution >= 4 is 43.9 Å². The van der Waals surface area contributed by atoms with Crippen LogP contribution in [0, 0.1) is 6.92 Å². The quantitative estimate of drug-likeness (QED) is 0.472. The van der Waals surface area contributed by atoms with E-state index in [-0.39, 0.29) is 22.2 Å². The van der Waals surface area contributed by atoms with Crippen molar-refractivity contribution in [1.82, 2.24) is 4.57 Å². The van der Waals surface area contributed by atoms with Crippen LogP contribution in [0.3, 0.4) is 0 Å². The van der Waals surface area contributed by atoms with E-state index in [2.05, 4.69) is 5.32 Å². The molecule has 0 saturated heterocycles. The van der Waals surface area contributed by atoms with Gasteiger partial charge < -0.3 is 9.88 Å². The number of anilines is 1. The first-order valence-electron chi connectivity index (χ1n) is 9.30. The number of rotatable bonds is 5. The lowest BCUT2D eigenvalue weighted by Gasteiger charge is -2.08. The van der Waals surface area contributed by atoms with E-state index in [9.17, 15) is 13.2 Å². The highest BCUT2D eigenvalue weighted by atomic mass is 35.5. The Morgan fingerprint density at radius 3 is 2.43 bits per heavy atom. The van der Waals surface area contributed by atoms with Gasteiger partial charge in [-0.25, -0.2) is 8.42 Å². The minimum absolute atomic E-state index is 0.0314. The maximum atomic E-state index is 13.2. The Kier molecular flexibility index (Phi) is 5.37. The predicted molar refractivity (Wildman–Crippen MR) is 119 cm³/mol. The number of fused-ring (bicyclic) bond motifs is 1. The van der Waals surface area contributed by atoms with Gasteiger partial charge in [0.25, 0.3) is 0 Å². The molecule has 0 saturated carbocycles. The lowest BCUT2D eigenvalue weighted by atomic mass is 10.2. The minimum Gasteiger partial charge on any atom is -0.337 e. The highest BCUT2D eigenvalue weighted by molar-refractivity contribution is 7.91. The molecule has 3 aromatic carbocycles. The molecule has 0 bridgehead atoms. The van der Waals surface area contributed by atoms with Gasteiger partial charge in [0.15, 0.2) is 0 Å². The smallest absolute Gasteiger partial charge is 0.244 e. The van der Waals surface area contributed by atoms with E-state index in [4.69, 9.17) is 11.6 Å². The summed E-state index contributed by atoms with van der Waals surface area (Å²) in [6.07, 6.45) is 1.52. The molecule has 0 fully saturated rings. The molecule has 1 aromatic heterocycles. The zero-order chi connectivity index (χ0) is 21.3. The normalized spacial score (nSPS) is 11.5. The van der Waals surface area contributed by atoms with Gasteiger partial charge in [0.2, 0.25) is 15.7 Å².